The van der Waals surface area contributed by atoms with Gasteiger partial charge < -0.3 is 5.32 Å². The predicted octanol–water partition coefficient (Wildman–Crippen LogP) is 1.81. The largest absolute Gasteiger partial charge is 0.326 e. The van der Waals surface area contributed by atoms with Crippen molar-refractivity contribution in [2.75, 3.05) is 11.6 Å². The number of hydrogen-bond donors (Lipinski definition) is 1. The number of halogens is 1. The molecule has 82 valence electrons. The van der Waals surface area contributed by atoms with Crippen LogP contribution in [0.1, 0.15) is 6.92 Å². The average molecular weight is 292 g/mol. The van der Waals surface area contributed by atoms with E-state index in [-0.39, 0.29) is 10.8 Å². The molecule has 1 aromatic rings. The Hall–Kier alpha value is -0.880. The van der Waals surface area contributed by atoms with Crippen LogP contribution in [0, 0.1) is 0 Å². The summed E-state index contributed by atoms with van der Waals surface area (Å²) in [5.41, 5.74) is 0.557. The standard InChI is InChI=1S/C9H10BrNO3S/c1-6(12)11-7-3-4-9(8(10)5-7)15(2,13)14/h3-5H,1-2H3,(H,11,12). The number of carbonyl (C=O) groups excluding carboxylic acids is 1. The topological polar surface area (TPSA) is 63.2 Å². The van der Waals surface area contributed by atoms with Gasteiger partial charge in [-0.05, 0) is 34.1 Å². The molecule has 1 aromatic carbocycles. The van der Waals surface area contributed by atoms with Crippen molar-refractivity contribution in [1.29, 1.82) is 0 Å². The summed E-state index contributed by atoms with van der Waals surface area (Å²) in [5, 5.41) is 2.56. The van der Waals surface area contributed by atoms with Crippen LogP contribution in [0.2, 0.25) is 0 Å². The molecule has 0 aliphatic heterocycles. The third kappa shape index (κ3) is 3.32. The van der Waals surface area contributed by atoms with E-state index >= 15 is 0 Å². The summed E-state index contributed by atoms with van der Waals surface area (Å²) < 4.78 is 23.0. The van der Waals surface area contributed by atoms with Crippen LogP contribution in [0.3, 0.4) is 0 Å². The Bertz CT molecular complexity index is 496. The van der Waals surface area contributed by atoms with Gasteiger partial charge in [0.2, 0.25) is 5.91 Å². The van der Waals surface area contributed by atoms with E-state index in [1.807, 2.05) is 0 Å². The SMILES string of the molecule is CC(=O)Nc1ccc(S(C)(=O)=O)c(Br)c1. The fraction of sp³-hybridized carbons (Fsp3) is 0.222. The molecule has 15 heavy (non-hydrogen) atoms. The molecule has 0 aromatic heterocycles. The second-order valence-electron chi connectivity index (χ2n) is 3.10. The molecule has 6 heteroatoms. The van der Waals surface area contributed by atoms with E-state index in [2.05, 4.69) is 21.2 Å². The van der Waals surface area contributed by atoms with Gasteiger partial charge in [0, 0.05) is 23.3 Å². The second-order valence-corrected chi connectivity index (χ2v) is 5.94. The molecule has 0 saturated heterocycles. The molecule has 0 aliphatic carbocycles. The van der Waals surface area contributed by atoms with Crippen molar-refractivity contribution < 1.29 is 13.2 Å². The van der Waals surface area contributed by atoms with Crippen LogP contribution in [-0.2, 0) is 14.6 Å². The molecule has 0 atom stereocenters. The quantitative estimate of drug-likeness (QED) is 0.904. The fourth-order valence-corrected chi connectivity index (χ4v) is 3.07. The highest BCUT2D eigenvalue weighted by molar-refractivity contribution is 9.10. The zero-order valence-electron chi connectivity index (χ0n) is 8.24. The molecule has 0 saturated carbocycles. The molecule has 0 unspecified atom stereocenters. The highest BCUT2D eigenvalue weighted by Gasteiger charge is 2.11. The van der Waals surface area contributed by atoms with E-state index in [1.54, 1.807) is 12.1 Å². The van der Waals surface area contributed by atoms with Crippen molar-refractivity contribution in [2.24, 2.45) is 0 Å². The first-order valence-electron chi connectivity index (χ1n) is 4.08. The van der Waals surface area contributed by atoms with E-state index in [0.717, 1.165) is 6.26 Å². The minimum atomic E-state index is -3.24. The van der Waals surface area contributed by atoms with Crippen LogP contribution >= 0.6 is 15.9 Å². The molecule has 1 rings (SSSR count). The van der Waals surface area contributed by atoms with E-state index in [0.29, 0.717) is 10.2 Å². The summed E-state index contributed by atoms with van der Waals surface area (Å²) in [6.45, 7) is 1.39. The van der Waals surface area contributed by atoms with Crippen molar-refractivity contribution in [2.45, 2.75) is 11.8 Å². The lowest BCUT2D eigenvalue weighted by atomic mass is 10.3. The summed E-state index contributed by atoms with van der Waals surface area (Å²) in [6, 6.07) is 4.55. The molecule has 4 nitrogen and oxygen atoms in total. The van der Waals surface area contributed by atoms with Gasteiger partial charge in [0.05, 0.1) is 4.90 Å². The van der Waals surface area contributed by atoms with Crippen LogP contribution in [-0.4, -0.2) is 20.6 Å². The van der Waals surface area contributed by atoms with E-state index in [9.17, 15) is 13.2 Å². The Morgan fingerprint density at radius 1 is 1.40 bits per heavy atom. The number of anilines is 1. The van der Waals surface area contributed by atoms with E-state index in [4.69, 9.17) is 0 Å². The number of rotatable bonds is 2. The van der Waals surface area contributed by atoms with Crippen LogP contribution in [0.5, 0.6) is 0 Å². The number of benzene rings is 1. The molecule has 0 aliphatic rings. The van der Waals surface area contributed by atoms with Crippen LogP contribution in [0.4, 0.5) is 5.69 Å². The second kappa shape index (κ2) is 4.32. The summed E-state index contributed by atoms with van der Waals surface area (Å²) in [7, 11) is -3.24. The monoisotopic (exact) mass is 291 g/mol. The minimum Gasteiger partial charge on any atom is -0.326 e. The van der Waals surface area contributed by atoms with Gasteiger partial charge in [-0.3, -0.25) is 4.79 Å². The molecule has 0 heterocycles. The Balaban J connectivity index is 3.15. The number of sulfone groups is 1. The van der Waals surface area contributed by atoms with Gasteiger partial charge >= 0.3 is 0 Å². The summed E-state index contributed by atoms with van der Waals surface area (Å²) in [5.74, 6) is -0.200. The summed E-state index contributed by atoms with van der Waals surface area (Å²) >= 11 is 3.14. The zero-order valence-corrected chi connectivity index (χ0v) is 10.6. The predicted molar refractivity (Wildman–Crippen MR) is 61.6 cm³/mol. The van der Waals surface area contributed by atoms with Gasteiger partial charge in [0.25, 0.3) is 0 Å². The molecule has 0 fully saturated rings. The summed E-state index contributed by atoms with van der Waals surface area (Å²) in [4.78, 5) is 11.0. The van der Waals surface area contributed by atoms with Gasteiger partial charge in [-0.2, -0.15) is 0 Å². The Morgan fingerprint density at radius 2 is 2.00 bits per heavy atom. The Labute approximate surface area is 96.7 Å². The minimum absolute atomic E-state index is 0.200. The smallest absolute Gasteiger partial charge is 0.221 e. The van der Waals surface area contributed by atoms with Gasteiger partial charge in [-0.25, -0.2) is 8.42 Å². The average Bonchev–Trinajstić information content (AvgIpc) is 1.99. The zero-order chi connectivity index (χ0) is 11.6. The normalized spacial score (nSPS) is 11.1. The third-order valence-electron chi connectivity index (χ3n) is 1.65. The van der Waals surface area contributed by atoms with E-state index < -0.39 is 9.84 Å². The highest BCUT2D eigenvalue weighted by Crippen LogP contribution is 2.25. The van der Waals surface area contributed by atoms with Gasteiger partial charge in [-0.1, -0.05) is 0 Å². The van der Waals surface area contributed by atoms with Gasteiger partial charge in [0.15, 0.2) is 9.84 Å². The fourth-order valence-electron chi connectivity index (χ4n) is 1.08. The number of nitrogens with one attached hydrogen (secondary N) is 1. The lowest BCUT2D eigenvalue weighted by molar-refractivity contribution is -0.114. The first-order chi connectivity index (χ1) is 6.80. The van der Waals surface area contributed by atoms with Crippen molar-refractivity contribution in [3.8, 4) is 0 Å². The van der Waals surface area contributed by atoms with Crippen molar-refractivity contribution in [1.82, 2.24) is 0 Å². The lowest BCUT2D eigenvalue weighted by Gasteiger charge is -2.05. The molecule has 0 bridgehead atoms. The highest BCUT2D eigenvalue weighted by atomic mass is 79.9. The van der Waals surface area contributed by atoms with Crippen LogP contribution in [0.15, 0.2) is 27.6 Å². The third-order valence-corrected chi connectivity index (χ3v) is 3.73. The van der Waals surface area contributed by atoms with Gasteiger partial charge in [0.1, 0.15) is 0 Å². The maximum absolute atomic E-state index is 11.3. The first kappa shape index (κ1) is 12.2. The van der Waals surface area contributed by atoms with Crippen molar-refractivity contribution in [3.05, 3.63) is 22.7 Å². The molecular formula is C9H10BrNO3S. The molecule has 0 spiro atoms. The van der Waals surface area contributed by atoms with Crippen LogP contribution < -0.4 is 5.32 Å². The number of carbonyl (C=O) groups is 1. The Kier molecular flexibility index (Phi) is 3.51. The number of hydrogen-bond acceptors (Lipinski definition) is 3. The van der Waals surface area contributed by atoms with Gasteiger partial charge in [-0.15, -0.1) is 0 Å². The van der Waals surface area contributed by atoms with Crippen molar-refractivity contribution >= 4 is 37.4 Å². The summed E-state index contributed by atoms with van der Waals surface area (Å²) in [6.07, 6.45) is 1.13. The Morgan fingerprint density at radius 3 is 2.40 bits per heavy atom. The number of amides is 1. The molecule has 1 N–H and O–H groups in total. The van der Waals surface area contributed by atoms with Crippen LogP contribution in [0.25, 0.3) is 0 Å². The maximum atomic E-state index is 11.3. The molecular weight excluding hydrogens is 282 g/mol. The molecule has 1 amide bonds. The van der Waals surface area contributed by atoms with E-state index in [1.165, 1.54) is 13.0 Å². The lowest BCUT2D eigenvalue weighted by Crippen LogP contribution is -2.06. The maximum Gasteiger partial charge on any atom is 0.221 e. The first-order valence-corrected chi connectivity index (χ1v) is 6.76. The molecule has 0 radical (unpaired) electrons. The van der Waals surface area contributed by atoms with Crippen molar-refractivity contribution in [3.63, 3.8) is 0 Å².